The van der Waals surface area contributed by atoms with Crippen LogP contribution in [0.15, 0.2) is 83.3 Å². The number of amides is 2. The summed E-state index contributed by atoms with van der Waals surface area (Å²) in [6.07, 6.45) is 1.27. The number of carbonyl (C=O) groups is 2. The number of carbonyl (C=O) groups excluding carboxylic acids is 2. The number of halogens is 1. The topological polar surface area (TPSA) is 58.6 Å². The van der Waals surface area contributed by atoms with Gasteiger partial charge in [-0.05, 0) is 54.3 Å². The zero-order valence-electron chi connectivity index (χ0n) is 21.7. The molecule has 0 saturated heterocycles. The van der Waals surface area contributed by atoms with Crippen LogP contribution < -0.4 is 10.1 Å². The number of rotatable bonds is 13. The van der Waals surface area contributed by atoms with E-state index >= 15 is 0 Å². The maximum atomic E-state index is 13.7. The Hall–Kier alpha value is -2.77. The first-order valence-electron chi connectivity index (χ1n) is 12.5. The monoisotopic (exact) mass is 582 g/mol. The van der Waals surface area contributed by atoms with Gasteiger partial charge in [0.2, 0.25) is 11.8 Å². The van der Waals surface area contributed by atoms with Crippen molar-refractivity contribution in [3.63, 3.8) is 0 Å². The fourth-order valence-corrected chi connectivity index (χ4v) is 4.98. The highest BCUT2D eigenvalue weighted by Crippen LogP contribution is 2.21. The summed E-state index contributed by atoms with van der Waals surface area (Å²) in [5, 5.41) is 3.11. The smallest absolute Gasteiger partial charge is 0.243 e. The average Bonchev–Trinajstić information content (AvgIpc) is 2.92. The Morgan fingerprint density at radius 1 is 0.946 bits per heavy atom. The predicted molar refractivity (Wildman–Crippen MR) is 156 cm³/mol. The fourth-order valence-electron chi connectivity index (χ4n) is 3.84. The number of nitrogens with zero attached hydrogens (tertiary/aromatic N) is 1. The lowest BCUT2D eigenvalue weighted by molar-refractivity contribution is -0.139. The van der Waals surface area contributed by atoms with Crippen LogP contribution in [0.5, 0.6) is 5.75 Å². The molecule has 0 aliphatic rings. The van der Waals surface area contributed by atoms with E-state index in [1.165, 1.54) is 0 Å². The van der Waals surface area contributed by atoms with Gasteiger partial charge >= 0.3 is 0 Å². The number of thioether (sulfide) groups is 1. The highest BCUT2D eigenvalue weighted by molar-refractivity contribution is 9.10. The Kier molecular flexibility index (Phi) is 11.5. The second-order valence-corrected chi connectivity index (χ2v) is 10.9. The number of hydrogen-bond donors (Lipinski definition) is 1. The lowest BCUT2D eigenvalue weighted by Crippen LogP contribution is -2.52. The van der Waals surface area contributed by atoms with Gasteiger partial charge in [-0.15, -0.1) is 11.8 Å². The van der Waals surface area contributed by atoms with Crippen molar-refractivity contribution >= 4 is 39.5 Å². The summed E-state index contributed by atoms with van der Waals surface area (Å²) in [7, 11) is 1.64. The van der Waals surface area contributed by atoms with Crippen LogP contribution in [0.4, 0.5) is 0 Å². The molecule has 0 saturated carbocycles. The van der Waals surface area contributed by atoms with Crippen molar-refractivity contribution in [2.24, 2.45) is 0 Å². The first-order valence-corrected chi connectivity index (χ1v) is 14.4. The molecule has 0 fully saturated rings. The summed E-state index contributed by atoms with van der Waals surface area (Å²) in [6, 6.07) is 25.1. The molecule has 0 aliphatic heterocycles. The molecule has 0 bridgehead atoms. The molecule has 3 aromatic rings. The van der Waals surface area contributed by atoms with Gasteiger partial charge in [0.1, 0.15) is 11.8 Å². The summed E-state index contributed by atoms with van der Waals surface area (Å²) in [5.74, 6) is 1.61. The van der Waals surface area contributed by atoms with Gasteiger partial charge in [0.15, 0.2) is 0 Å². The predicted octanol–water partition coefficient (Wildman–Crippen LogP) is 6.25. The minimum Gasteiger partial charge on any atom is -0.497 e. The largest absolute Gasteiger partial charge is 0.497 e. The molecule has 196 valence electrons. The molecule has 0 radical (unpaired) electrons. The summed E-state index contributed by atoms with van der Waals surface area (Å²) in [4.78, 5) is 29.0. The van der Waals surface area contributed by atoms with Crippen LogP contribution >= 0.6 is 27.7 Å². The number of benzene rings is 3. The van der Waals surface area contributed by atoms with Crippen LogP contribution in [0.3, 0.4) is 0 Å². The fraction of sp³-hybridized carbons (Fsp3) is 0.333. The normalized spacial score (nSPS) is 12.4. The Balaban J connectivity index is 1.82. The zero-order chi connectivity index (χ0) is 26.6. The zero-order valence-corrected chi connectivity index (χ0v) is 24.1. The molecule has 3 aromatic carbocycles. The van der Waals surface area contributed by atoms with Gasteiger partial charge in [-0.1, -0.05) is 77.5 Å². The molecule has 37 heavy (non-hydrogen) atoms. The Morgan fingerprint density at radius 3 is 2.22 bits per heavy atom. The molecule has 5 nitrogen and oxygen atoms in total. The standard InChI is InChI=1S/C30H35BrN2O3S/c1-4-22(2)32-30(35)28(18-23-8-6-5-7-9-23)33(19-24-10-14-26(31)15-11-24)29(34)21-37-20-25-12-16-27(36-3)17-13-25/h5-17,22,28H,4,18-21H2,1-3H3,(H,32,35)/t22-,28+/m1/s1. The molecule has 2 atom stereocenters. The summed E-state index contributed by atoms with van der Waals surface area (Å²) in [6.45, 7) is 4.39. The molecular weight excluding hydrogens is 548 g/mol. The number of nitrogens with one attached hydrogen (secondary N) is 1. The van der Waals surface area contributed by atoms with Gasteiger partial charge in [-0.3, -0.25) is 9.59 Å². The van der Waals surface area contributed by atoms with Gasteiger partial charge in [0.05, 0.1) is 12.9 Å². The molecule has 0 unspecified atom stereocenters. The lowest BCUT2D eigenvalue weighted by Gasteiger charge is -2.32. The first-order chi connectivity index (χ1) is 17.9. The minimum atomic E-state index is -0.617. The van der Waals surface area contributed by atoms with Gasteiger partial charge in [0, 0.05) is 29.2 Å². The maximum absolute atomic E-state index is 13.7. The van der Waals surface area contributed by atoms with Crippen molar-refractivity contribution in [3.8, 4) is 5.75 Å². The van der Waals surface area contributed by atoms with E-state index in [0.717, 1.165) is 33.3 Å². The second kappa shape index (κ2) is 14.8. The third-order valence-electron chi connectivity index (χ3n) is 6.19. The minimum absolute atomic E-state index is 0.0276. The van der Waals surface area contributed by atoms with Gasteiger partial charge in [0.25, 0.3) is 0 Å². The van der Waals surface area contributed by atoms with Gasteiger partial charge in [-0.25, -0.2) is 0 Å². The van der Waals surface area contributed by atoms with Crippen molar-refractivity contribution in [1.29, 1.82) is 0 Å². The van der Waals surface area contributed by atoms with E-state index in [2.05, 4.69) is 21.2 Å². The van der Waals surface area contributed by atoms with Crippen molar-refractivity contribution in [3.05, 3.63) is 100 Å². The summed E-state index contributed by atoms with van der Waals surface area (Å²) in [5.41, 5.74) is 3.12. The molecule has 0 aromatic heterocycles. The molecule has 2 amide bonds. The molecule has 0 aliphatic carbocycles. The summed E-state index contributed by atoms with van der Waals surface area (Å²) < 4.78 is 6.20. The van der Waals surface area contributed by atoms with Crippen LogP contribution in [-0.4, -0.2) is 41.7 Å². The lowest BCUT2D eigenvalue weighted by atomic mass is 10.0. The van der Waals surface area contributed by atoms with Crippen LogP contribution in [0, 0.1) is 0 Å². The van der Waals surface area contributed by atoms with E-state index in [1.54, 1.807) is 23.8 Å². The number of hydrogen-bond acceptors (Lipinski definition) is 4. The van der Waals surface area contributed by atoms with Gasteiger partial charge < -0.3 is 15.0 Å². The Labute approximate surface area is 233 Å². The molecular formula is C30H35BrN2O3S. The molecule has 1 N–H and O–H groups in total. The number of ether oxygens (including phenoxy) is 1. The quantitative estimate of drug-likeness (QED) is 0.259. The van der Waals surface area contributed by atoms with E-state index in [0.29, 0.717) is 18.7 Å². The van der Waals surface area contributed by atoms with Crippen molar-refractivity contribution in [2.45, 2.75) is 51.1 Å². The molecule has 0 heterocycles. The maximum Gasteiger partial charge on any atom is 0.243 e. The Bertz CT molecular complexity index is 1120. The van der Waals surface area contributed by atoms with Crippen molar-refractivity contribution in [1.82, 2.24) is 10.2 Å². The van der Waals surface area contributed by atoms with E-state index in [-0.39, 0.29) is 23.6 Å². The van der Waals surface area contributed by atoms with Gasteiger partial charge in [-0.2, -0.15) is 0 Å². The van der Waals surface area contributed by atoms with Crippen LogP contribution in [0.2, 0.25) is 0 Å². The van der Waals surface area contributed by atoms with Crippen LogP contribution in [0.25, 0.3) is 0 Å². The van der Waals surface area contributed by atoms with E-state index in [1.807, 2.05) is 92.7 Å². The molecule has 7 heteroatoms. The third-order valence-corrected chi connectivity index (χ3v) is 7.71. The van der Waals surface area contributed by atoms with Crippen molar-refractivity contribution < 1.29 is 14.3 Å². The van der Waals surface area contributed by atoms with E-state index < -0.39 is 6.04 Å². The first kappa shape index (κ1) is 28.8. The number of methoxy groups -OCH3 is 1. The SMILES string of the molecule is CC[C@@H](C)NC(=O)[C@H](Cc1ccccc1)N(Cc1ccc(Br)cc1)C(=O)CSCc1ccc(OC)cc1. The average molecular weight is 584 g/mol. The molecule has 0 spiro atoms. The van der Waals surface area contributed by atoms with Crippen molar-refractivity contribution in [2.75, 3.05) is 12.9 Å². The Morgan fingerprint density at radius 2 is 1.59 bits per heavy atom. The highest BCUT2D eigenvalue weighted by atomic mass is 79.9. The second-order valence-electron chi connectivity index (χ2n) is 9.01. The van der Waals surface area contributed by atoms with E-state index in [4.69, 9.17) is 4.74 Å². The van der Waals surface area contributed by atoms with Crippen LogP contribution in [-0.2, 0) is 28.3 Å². The van der Waals surface area contributed by atoms with Crippen LogP contribution in [0.1, 0.15) is 37.0 Å². The third kappa shape index (κ3) is 9.24. The highest BCUT2D eigenvalue weighted by Gasteiger charge is 2.30. The molecule has 3 rings (SSSR count). The van der Waals surface area contributed by atoms with E-state index in [9.17, 15) is 9.59 Å². The summed E-state index contributed by atoms with van der Waals surface area (Å²) >= 11 is 5.03.